The molecular weight excluding hydrogens is 449 g/mol. The van der Waals surface area contributed by atoms with Crippen LogP contribution in [0.2, 0.25) is 5.02 Å². The van der Waals surface area contributed by atoms with Crippen LogP contribution >= 0.6 is 22.9 Å². The molecule has 0 spiro atoms. The number of carbonyl (C=O) groups excluding carboxylic acids is 1. The van der Waals surface area contributed by atoms with E-state index in [9.17, 15) is 17.6 Å². The molecule has 156 valence electrons. The van der Waals surface area contributed by atoms with Crippen LogP contribution < -0.4 is 0 Å². The second-order valence-corrected chi connectivity index (χ2v) is 9.93. The normalized spacial score (nSPS) is 15.3. The van der Waals surface area contributed by atoms with Crippen LogP contribution in [0.4, 0.5) is 4.39 Å². The fourth-order valence-corrected chi connectivity index (χ4v) is 5.69. The molecule has 0 aliphatic carbocycles. The van der Waals surface area contributed by atoms with E-state index >= 15 is 0 Å². The zero-order chi connectivity index (χ0) is 21.3. The molecule has 2 aromatic carbocycles. The van der Waals surface area contributed by atoms with Gasteiger partial charge in [0.15, 0.2) is 0 Å². The second-order valence-electron chi connectivity index (χ2n) is 6.70. The largest absolute Gasteiger partial charge is 0.335 e. The summed E-state index contributed by atoms with van der Waals surface area (Å²) in [4.78, 5) is 18.9. The van der Waals surface area contributed by atoms with Crippen LogP contribution in [0.5, 0.6) is 0 Å². The van der Waals surface area contributed by atoms with Crippen LogP contribution in [0.3, 0.4) is 0 Å². The number of aromatic nitrogens is 1. The van der Waals surface area contributed by atoms with Gasteiger partial charge >= 0.3 is 0 Å². The highest BCUT2D eigenvalue weighted by Crippen LogP contribution is 2.25. The van der Waals surface area contributed by atoms with Crippen LogP contribution in [0.15, 0.2) is 58.8 Å². The van der Waals surface area contributed by atoms with Crippen LogP contribution in [0, 0.1) is 5.82 Å². The average molecular weight is 466 g/mol. The number of amides is 1. The molecule has 1 aromatic heterocycles. The highest BCUT2D eigenvalue weighted by Gasteiger charge is 2.31. The lowest BCUT2D eigenvalue weighted by Gasteiger charge is -2.33. The number of thiazole rings is 1. The summed E-state index contributed by atoms with van der Waals surface area (Å²) < 4.78 is 40.0. The minimum absolute atomic E-state index is 0.137. The van der Waals surface area contributed by atoms with Crippen molar-refractivity contribution in [1.29, 1.82) is 0 Å². The van der Waals surface area contributed by atoms with Gasteiger partial charge in [0, 0.05) is 42.1 Å². The summed E-state index contributed by atoms with van der Waals surface area (Å²) in [7, 11) is -3.67. The minimum Gasteiger partial charge on any atom is -0.335 e. The lowest BCUT2D eigenvalue weighted by Crippen LogP contribution is -2.50. The van der Waals surface area contributed by atoms with Crippen LogP contribution in [-0.4, -0.2) is 54.7 Å². The highest BCUT2D eigenvalue weighted by atomic mass is 35.5. The molecular formula is C20H17ClFN3O3S2. The molecule has 3 aromatic rings. The lowest BCUT2D eigenvalue weighted by atomic mass is 10.2. The maximum absolute atomic E-state index is 13.1. The molecule has 4 rings (SSSR count). The van der Waals surface area contributed by atoms with Crippen molar-refractivity contribution in [2.45, 2.75) is 4.90 Å². The molecule has 0 unspecified atom stereocenters. The molecule has 0 N–H and O–H groups in total. The molecule has 30 heavy (non-hydrogen) atoms. The number of hydrogen-bond donors (Lipinski definition) is 0. The number of piperazine rings is 1. The summed E-state index contributed by atoms with van der Waals surface area (Å²) >= 11 is 7.22. The molecule has 0 saturated carbocycles. The Morgan fingerprint density at radius 3 is 2.43 bits per heavy atom. The standard InChI is InChI=1S/C20H17ClFN3O3S2/c21-15-2-1-3-17(12-15)30(27,28)25-10-8-24(9-11-25)20(26)18-13-29-19(23-18)14-4-6-16(22)7-5-14/h1-7,12-13H,8-11H2. The molecule has 1 fully saturated rings. The Balaban J connectivity index is 1.43. The van der Waals surface area contributed by atoms with Crippen molar-refractivity contribution >= 4 is 38.9 Å². The summed E-state index contributed by atoms with van der Waals surface area (Å²) in [6.07, 6.45) is 0. The monoisotopic (exact) mass is 465 g/mol. The Morgan fingerprint density at radius 2 is 1.77 bits per heavy atom. The maximum Gasteiger partial charge on any atom is 0.273 e. The van der Waals surface area contributed by atoms with Gasteiger partial charge in [0.2, 0.25) is 10.0 Å². The van der Waals surface area contributed by atoms with E-state index in [0.717, 1.165) is 5.56 Å². The highest BCUT2D eigenvalue weighted by molar-refractivity contribution is 7.89. The number of halogens is 2. The first kappa shape index (κ1) is 20.9. The second kappa shape index (κ2) is 8.43. The third-order valence-electron chi connectivity index (χ3n) is 4.77. The Labute approximate surface area is 182 Å². The third-order valence-corrected chi connectivity index (χ3v) is 7.80. The van der Waals surface area contributed by atoms with E-state index in [1.54, 1.807) is 34.5 Å². The summed E-state index contributed by atoms with van der Waals surface area (Å²) in [6, 6.07) is 12.0. The smallest absolute Gasteiger partial charge is 0.273 e. The molecule has 10 heteroatoms. The summed E-state index contributed by atoms with van der Waals surface area (Å²) in [5.41, 5.74) is 1.03. The zero-order valence-electron chi connectivity index (χ0n) is 15.7. The van der Waals surface area contributed by atoms with Gasteiger partial charge in [0.05, 0.1) is 4.90 Å². The van der Waals surface area contributed by atoms with E-state index in [1.807, 2.05) is 0 Å². The molecule has 1 aliphatic heterocycles. The number of benzene rings is 2. The topological polar surface area (TPSA) is 70.6 Å². The van der Waals surface area contributed by atoms with Gasteiger partial charge in [-0.3, -0.25) is 4.79 Å². The fourth-order valence-electron chi connectivity index (χ4n) is 3.17. The Kier molecular flexibility index (Phi) is 5.88. The Bertz CT molecular complexity index is 1170. The van der Waals surface area contributed by atoms with E-state index < -0.39 is 10.0 Å². The molecule has 0 radical (unpaired) electrons. The maximum atomic E-state index is 13.1. The molecule has 1 aliphatic rings. The number of carbonyl (C=O) groups is 1. The van der Waals surface area contributed by atoms with E-state index in [4.69, 9.17) is 11.6 Å². The molecule has 0 atom stereocenters. The average Bonchev–Trinajstić information content (AvgIpc) is 3.24. The van der Waals surface area contributed by atoms with E-state index in [-0.39, 0.29) is 42.8 Å². The summed E-state index contributed by atoms with van der Waals surface area (Å²) in [5, 5.41) is 2.64. The fraction of sp³-hybridized carbons (Fsp3) is 0.200. The van der Waals surface area contributed by atoms with Crippen LogP contribution in [0.25, 0.3) is 10.6 Å². The van der Waals surface area contributed by atoms with E-state index in [0.29, 0.717) is 15.7 Å². The first-order valence-electron chi connectivity index (χ1n) is 9.11. The molecule has 2 heterocycles. The molecule has 1 saturated heterocycles. The van der Waals surface area contributed by atoms with Crippen molar-refractivity contribution in [1.82, 2.24) is 14.2 Å². The van der Waals surface area contributed by atoms with Crippen molar-refractivity contribution in [3.63, 3.8) is 0 Å². The molecule has 1 amide bonds. The van der Waals surface area contributed by atoms with Gasteiger partial charge in [0.1, 0.15) is 16.5 Å². The zero-order valence-corrected chi connectivity index (χ0v) is 18.1. The van der Waals surface area contributed by atoms with Gasteiger partial charge in [0.25, 0.3) is 5.91 Å². The van der Waals surface area contributed by atoms with Gasteiger partial charge in [-0.25, -0.2) is 17.8 Å². The van der Waals surface area contributed by atoms with Crippen molar-refractivity contribution in [3.8, 4) is 10.6 Å². The van der Waals surface area contributed by atoms with Gasteiger partial charge < -0.3 is 4.90 Å². The Hall–Kier alpha value is -2.33. The van der Waals surface area contributed by atoms with Crippen molar-refractivity contribution in [2.24, 2.45) is 0 Å². The van der Waals surface area contributed by atoms with Gasteiger partial charge in [-0.2, -0.15) is 4.31 Å². The van der Waals surface area contributed by atoms with Crippen molar-refractivity contribution in [3.05, 3.63) is 70.4 Å². The van der Waals surface area contributed by atoms with E-state index in [2.05, 4.69) is 4.98 Å². The quantitative estimate of drug-likeness (QED) is 0.588. The van der Waals surface area contributed by atoms with Gasteiger partial charge in [-0.15, -0.1) is 11.3 Å². The van der Waals surface area contributed by atoms with Gasteiger partial charge in [-0.05, 0) is 42.5 Å². The van der Waals surface area contributed by atoms with Crippen LogP contribution in [0.1, 0.15) is 10.5 Å². The predicted molar refractivity (Wildman–Crippen MR) is 114 cm³/mol. The van der Waals surface area contributed by atoms with Crippen molar-refractivity contribution < 1.29 is 17.6 Å². The third kappa shape index (κ3) is 4.24. The first-order chi connectivity index (χ1) is 14.3. The SMILES string of the molecule is O=C(c1csc(-c2ccc(F)cc2)n1)N1CCN(S(=O)(=O)c2cccc(Cl)c2)CC1. The number of rotatable bonds is 4. The number of hydrogen-bond acceptors (Lipinski definition) is 5. The van der Waals surface area contributed by atoms with E-state index in [1.165, 1.54) is 39.9 Å². The lowest BCUT2D eigenvalue weighted by molar-refractivity contribution is 0.0693. The van der Waals surface area contributed by atoms with Gasteiger partial charge in [-0.1, -0.05) is 17.7 Å². The predicted octanol–water partition coefficient (Wildman–Crippen LogP) is 3.75. The number of nitrogens with zero attached hydrogens (tertiary/aromatic N) is 3. The summed E-state index contributed by atoms with van der Waals surface area (Å²) in [6.45, 7) is 0.912. The first-order valence-corrected chi connectivity index (χ1v) is 11.8. The minimum atomic E-state index is -3.67. The van der Waals surface area contributed by atoms with Crippen molar-refractivity contribution in [2.75, 3.05) is 26.2 Å². The summed E-state index contributed by atoms with van der Waals surface area (Å²) in [5.74, 6) is -0.586. The number of sulfonamides is 1. The van der Waals surface area contributed by atoms with Crippen LogP contribution in [-0.2, 0) is 10.0 Å². The molecule has 0 bridgehead atoms. The molecule has 6 nitrogen and oxygen atoms in total. The Morgan fingerprint density at radius 1 is 1.07 bits per heavy atom.